The van der Waals surface area contributed by atoms with Crippen LogP contribution in [0.25, 0.3) is 10.9 Å². The SMILES string of the molecule is COc1cc(Cl)c(C)cc1NC(=O)[C@@H](C)OC(=O)c1ccc2cn[nH]c2c1. The summed E-state index contributed by atoms with van der Waals surface area (Å²) in [5, 5.41) is 10.8. The standard InChI is InChI=1S/C19H18ClN3O4/c1-10-6-16(17(26-3)8-14(10)20)22-18(24)11(2)27-19(25)12-4-5-13-9-21-23-15(13)7-12/h4-9,11H,1-3H3,(H,21,23)(H,22,24)/t11-/m1/s1. The molecule has 3 aromatic rings. The van der Waals surface area contributed by atoms with E-state index in [4.69, 9.17) is 21.1 Å². The number of carbonyl (C=O) groups excluding carboxylic acids is 2. The van der Waals surface area contributed by atoms with Crippen LogP contribution in [-0.2, 0) is 9.53 Å². The van der Waals surface area contributed by atoms with Crippen molar-refractivity contribution in [2.45, 2.75) is 20.0 Å². The fourth-order valence-corrected chi connectivity index (χ4v) is 2.66. The number of esters is 1. The van der Waals surface area contributed by atoms with E-state index in [0.717, 1.165) is 10.9 Å². The van der Waals surface area contributed by atoms with E-state index in [9.17, 15) is 9.59 Å². The van der Waals surface area contributed by atoms with Crippen molar-refractivity contribution in [2.75, 3.05) is 12.4 Å². The van der Waals surface area contributed by atoms with Crippen molar-refractivity contribution in [1.82, 2.24) is 10.2 Å². The van der Waals surface area contributed by atoms with Gasteiger partial charge in [0.2, 0.25) is 0 Å². The van der Waals surface area contributed by atoms with Gasteiger partial charge in [-0.3, -0.25) is 9.89 Å². The van der Waals surface area contributed by atoms with E-state index in [0.29, 0.717) is 27.5 Å². The summed E-state index contributed by atoms with van der Waals surface area (Å²) in [6.45, 7) is 3.31. The van der Waals surface area contributed by atoms with Crippen molar-refractivity contribution in [3.05, 3.63) is 52.7 Å². The molecule has 0 radical (unpaired) electrons. The Morgan fingerprint density at radius 2 is 2.04 bits per heavy atom. The lowest BCUT2D eigenvalue weighted by Gasteiger charge is -2.16. The fraction of sp³-hybridized carbons (Fsp3) is 0.211. The van der Waals surface area contributed by atoms with Crippen LogP contribution in [0.5, 0.6) is 5.75 Å². The Morgan fingerprint density at radius 3 is 2.78 bits per heavy atom. The topological polar surface area (TPSA) is 93.3 Å². The maximum Gasteiger partial charge on any atom is 0.338 e. The monoisotopic (exact) mass is 387 g/mol. The number of carbonyl (C=O) groups is 2. The third-order valence-electron chi connectivity index (χ3n) is 4.07. The van der Waals surface area contributed by atoms with E-state index in [1.165, 1.54) is 14.0 Å². The van der Waals surface area contributed by atoms with Crippen LogP contribution >= 0.6 is 11.6 Å². The second-order valence-electron chi connectivity index (χ2n) is 6.01. The second kappa shape index (κ2) is 7.67. The molecule has 3 rings (SSSR count). The molecule has 1 atom stereocenters. The zero-order valence-corrected chi connectivity index (χ0v) is 15.8. The van der Waals surface area contributed by atoms with E-state index in [2.05, 4.69) is 15.5 Å². The first-order chi connectivity index (χ1) is 12.9. The zero-order chi connectivity index (χ0) is 19.6. The lowest BCUT2D eigenvalue weighted by Crippen LogP contribution is -2.30. The Bertz CT molecular complexity index is 1020. The van der Waals surface area contributed by atoms with Gasteiger partial charge in [0.25, 0.3) is 5.91 Å². The molecule has 0 fully saturated rings. The zero-order valence-electron chi connectivity index (χ0n) is 15.0. The maximum atomic E-state index is 12.4. The van der Waals surface area contributed by atoms with Gasteiger partial charge < -0.3 is 14.8 Å². The largest absolute Gasteiger partial charge is 0.495 e. The first-order valence-electron chi connectivity index (χ1n) is 8.18. The van der Waals surface area contributed by atoms with Crippen molar-refractivity contribution in [2.24, 2.45) is 0 Å². The lowest BCUT2D eigenvalue weighted by atomic mass is 10.1. The number of ether oxygens (including phenoxy) is 2. The van der Waals surface area contributed by atoms with Crippen LogP contribution in [0.3, 0.4) is 0 Å². The Kier molecular flexibility index (Phi) is 5.32. The highest BCUT2D eigenvalue weighted by molar-refractivity contribution is 6.31. The summed E-state index contributed by atoms with van der Waals surface area (Å²) in [6, 6.07) is 8.31. The Labute approximate surface area is 160 Å². The van der Waals surface area contributed by atoms with Gasteiger partial charge in [-0.1, -0.05) is 17.7 Å². The number of hydrogen-bond acceptors (Lipinski definition) is 5. The van der Waals surface area contributed by atoms with Crippen molar-refractivity contribution in [3.63, 3.8) is 0 Å². The van der Waals surface area contributed by atoms with Crippen LogP contribution in [0.1, 0.15) is 22.8 Å². The number of methoxy groups -OCH3 is 1. The molecule has 0 saturated carbocycles. The third-order valence-corrected chi connectivity index (χ3v) is 4.48. The molecular weight excluding hydrogens is 370 g/mol. The van der Waals surface area contributed by atoms with Gasteiger partial charge in [-0.15, -0.1) is 0 Å². The van der Waals surface area contributed by atoms with E-state index in [-0.39, 0.29) is 0 Å². The van der Waals surface area contributed by atoms with Gasteiger partial charge in [-0.05, 0) is 37.6 Å². The fourth-order valence-electron chi connectivity index (χ4n) is 2.51. The molecule has 1 aromatic heterocycles. The number of aromatic amines is 1. The molecule has 0 spiro atoms. The predicted molar refractivity (Wildman–Crippen MR) is 102 cm³/mol. The number of rotatable bonds is 5. The summed E-state index contributed by atoms with van der Waals surface area (Å²) in [6.07, 6.45) is 0.651. The number of anilines is 1. The molecular formula is C19H18ClN3O4. The number of amides is 1. The number of aromatic nitrogens is 2. The quantitative estimate of drug-likeness (QED) is 0.651. The predicted octanol–water partition coefficient (Wildman–Crippen LogP) is 3.72. The van der Waals surface area contributed by atoms with E-state index in [1.807, 2.05) is 6.92 Å². The average Bonchev–Trinajstić information content (AvgIpc) is 3.12. The summed E-state index contributed by atoms with van der Waals surface area (Å²) in [5.41, 5.74) is 2.27. The van der Waals surface area contributed by atoms with E-state index < -0.39 is 18.0 Å². The van der Waals surface area contributed by atoms with Gasteiger partial charge in [0, 0.05) is 16.5 Å². The van der Waals surface area contributed by atoms with Crippen LogP contribution in [0.4, 0.5) is 5.69 Å². The molecule has 2 aromatic carbocycles. The number of halogens is 1. The average molecular weight is 388 g/mol. The highest BCUT2D eigenvalue weighted by Gasteiger charge is 2.21. The molecule has 0 bridgehead atoms. The Morgan fingerprint density at radius 1 is 1.26 bits per heavy atom. The molecule has 0 aliphatic heterocycles. The van der Waals surface area contributed by atoms with Crippen molar-refractivity contribution >= 4 is 40.1 Å². The highest BCUT2D eigenvalue weighted by atomic mass is 35.5. The normalized spacial score (nSPS) is 11.9. The molecule has 0 aliphatic rings. The minimum Gasteiger partial charge on any atom is -0.495 e. The molecule has 27 heavy (non-hydrogen) atoms. The maximum absolute atomic E-state index is 12.4. The van der Waals surface area contributed by atoms with Crippen molar-refractivity contribution in [3.8, 4) is 5.75 Å². The van der Waals surface area contributed by atoms with Gasteiger partial charge in [0.15, 0.2) is 6.10 Å². The summed E-state index contributed by atoms with van der Waals surface area (Å²) in [5.74, 6) is -0.665. The number of nitrogens with one attached hydrogen (secondary N) is 2. The minimum atomic E-state index is -1.00. The third kappa shape index (κ3) is 4.03. The van der Waals surface area contributed by atoms with Gasteiger partial charge in [-0.2, -0.15) is 5.10 Å². The number of aryl methyl sites for hydroxylation is 1. The molecule has 140 valence electrons. The highest BCUT2D eigenvalue weighted by Crippen LogP contribution is 2.31. The summed E-state index contributed by atoms with van der Waals surface area (Å²) in [7, 11) is 1.48. The van der Waals surface area contributed by atoms with Crippen LogP contribution in [0, 0.1) is 6.92 Å². The molecule has 0 unspecified atom stereocenters. The Hall–Kier alpha value is -3.06. The smallest absolute Gasteiger partial charge is 0.338 e. The van der Waals surface area contributed by atoms with E-state index >= 15 is 0 Å². The molecule has 1 amide bonds. The summed E-state index contributed by atoms with van der Waals surface area (Å²) in [4.78, 5) is 24.7. The molecule has 0 saturated heterocycles. The van der Waals surface area contributed by atoms with Crippen LogP contribution < -0.4 is 10.1 Å². The number of benzene rings is 2. The number of nitrogens with zero attached hydrogens (tertiary/aromatic N) is 1. The van der Waals surface area contributed by atoms with Crippen LogP contribution in [-0.4, -0.2) is 35.3 Å². The lowest BCUT2D eigenvalue weighted by molar-refractivity contribution is -0.123. The van der Waals surface area contributed by atoms with Gasteiger partial charge in [-0.25, -0.2) is 4.79 Å². The van der Waals surface area contributed by atoms with Crippen molar-refractivity contribution in [1.29, 1.82) is 0 Å². The first kappa shape index (κ1) is 18.7. The summed E-state index contributed by atoms with van der Waals surface area (Å²) >= 11 is 6.06. The first-order valence-corrected chi connectivity index (χ1v) is 8.56. The Balaban J connectivity index is 1.70. The molecule has 8 heteroatoms. The van der Waals surface area contributed by atoms with E-state index in [1.54, 1.807) is 36.5 Å². The molecule has 2 N–H and O–H groups in total. The minimum absolute atomic E-state index is 0.325. The number of fused-ring (bicyclic) bond motifs is 1. The molecule has 0 aliphatic carbocycles. The van der Waals surface area contributed by atoms with Gasteiger partial charge in [0.05, 0.1) is 30.1 Å². The van der Waals surface area contributed by atoms with Crippen LogP contribution in [0.15, 0.2) is 36.5 Å². The molecule has 1 heterocycles. The molecule has 7 nitrogen and oxygen atoms in total. The number of H-pyrrole nitrogens is 1. The van der Waals surface area contributed by atoms with Crippen LogP contribution in [0.2, 0.25) is 5.02 Å². The van der Waals surface area contributed by atoms with Crippen molar-refractivity contribution < 1.29 is 19.1 Å². The summed E-state index contributed by atoms with van der Waals surface area (Å²) < 4.78 is 10.5. The number of hydrogen-bond donors (Lipinski definition) is 2. The van der Waals surface area contributed by atoms with Gasteiger partial charge in [0.1, 0.15) is 5.75 Å². The van der Waals surface area contributed by atoms with Gasteiger partial charge >= 0.3 is 5.97 Å². The second-order valence-corrected chi connectivity index (χ2v) is 6.42.